The van der Waals surface area contributed by atoms with Gasteiger partial charge in [-0.3, -0.25) is 0 Å². The molecule has 0 aliphatic heterocycles. The van der Waals surface area contributed by atoms with Crippen LogP contribution in [0.15, 0.2) is 42.6 Å². The second-order valence-electron chi connectivity index (χ2n) is 8.91. The van der Waals surface area contributed by atoms with Crippen molar-refractivity contribution < 1.29 is 9.13 Å². The fraction of sp³-hybridized carbons (Fsp3) is 0.556. The number of fused-ring (bicyclic) bond motifs is 1. The maximum absolute atomic E-state index is 2.54. The lowest BCUT2D eigenvalue weighted by molar-refractivity contribution is -0.680. The topological polar surface area (TPSA) is 12.7 Å². The van der Waals surface area contributed by atoms with Crippen molar-refractivity contribution >= 4 is 11.0 Å². The molecule has 0 saturated heterocycles. The van der Waals surface area contributed by atoms with Crippen LogP contribution < -0.4 is 9.13 Å². The highest BCUT2D eigenvalue weighted by Crippen LogP contribution is 2.22. The van der Waals surface area contributed by atoms with Gasteiger partial charge in [0.1, 0.15) is 7.05 Å². The molecule has 0 radical (unpaired) electrons. The van der Waals surface area contributed by atoms with Crippen LogP contribution >= 0.6 is 0 Å². The molecule has 162 valence electrons. The average Bonchev–Trinajstić information content (AvgIpc) is 3.03. The SMILES string of the molecule is CCCCCCCCCCCCn1c(-c2cc(C)cc[n+]2C)[n+](C)c2ccccc21. The van der Waals surface area contributed by atoms with E-state index in [4.69, 9.17) is 0 Å². The first-order valence-electron chi connectivity index (χ1n) is 12.1. The van der Waals surface area contributed by atoms with Crippen LogP contribution in [0.1, 0.15) is 76.7 Å². The molecule has 0 aliphatic rings. The summed E-state index contributed by atoms with van der Waals surface area (Å²) in [6.45, 7) is 5.55. The van der Waals surface area contributed by atoms with Crippen molar-refractivity contribution in [3.8, 4) is 11.5 Å². The van der Waals surface area contributed by atoms with Gasteiger partial charge in [-0.2, -0.15) is 4.57 Å². The Kier molecular flexibility index (Phi) is 8.48. The standard InChI is InChI=1S/C27H41N3/c1-5-6-7-8-9-10-11-12-13-16-20-30-25-18-15-14-17-24(25)29(4)27(30)26-22-23(2)19-21-28(26)3/h14-15,17-19,21-22H,5-13,16,20H2,1-4H3/q+2. The lowest BCUT2D eigenvalue weighted by Gasteiger charge is -2.04. The molecule has 3 nitrogen and oxygen atoms in total. The Hall–Kier alpha value is -2.16. The number of benzene rings is 1. The number of rotatable bonds is 12. The normalized spacial score (nSPS) is 11.5. The molecular formula is C27H41N3+2. The van der Waals surface area contributed by atoms with E-state index in [0.29, 0.717) is 0 Å². The molecule has 1 aromatic carbocycles. The van der Waals surface area contributed by atoms with E-state index in [2.05, 4.69) is 84.2 Å². The minimum Gasteiger partial charge on any atom is -0.220 e. The van der Waals surface area contributed by atoms with Crippen molar-refractivity contribution in [2.45, 2.75) is 84.6 Å². The van der Waals surface area contributed by atoms with E-state index in [0.717, 1.165) is 6.54 Å². The van der Waals surface area contributed by atoms with E-state index in [1.807, 2.05) is 0 Å². The summed E-state index contributed by atoms with van der Waals surface area (Å²) in [5.74, 6) is 1.30. The first-order chi connectivity index (χ1) is 14.6. The Morgan fingerprint density at radius 2 is 1.43 bits per heavy atom. The Balaban J connectivity index is 1.66. The van der Waals surface area contributed by atoms with Crippen molar-refractivity contribution in [1.82, 2.24) is 4.57 Å². The van der Waals surface area contributed by atoms with Gasteiger partial charge in [0.25, 0.3) is 5.69 Å². The number of hydrogen-bond donors (Lipinski definition) is 0. The summed E-state index contributed by atoms with van der Waals surface area (Å²) in [6, 6.07) is 13.3. The van der Waals surface area contributed by atoms with Crippen LogP contribution in [-0.2, 0) is 20.6 Å². The number of pyridine rings is 1. The predicted molar refractivity (Wildman–Crippen MR) is 126 cm³/mol. The van der Waals surface area contributed by atoms with Crippen LogP contribution in [0.2, 0.25) is 0 Å². The van der Waals surface area contributed by atoms with E-state index >= 15 is 0 Å². The van der Waals surface area contributed by atoms with Gasteiger partial charge >= 0.3 is 5.82 Å². The fourth-order valence-corrected chi connectivity index (χ4v) is 4.58. The molecule has 0 amide bonds. The Morgan fingerprint density at radius 1 is 0.800 bits per heavy atom. The fourth-order valence-electron chi connectivity index (χ4n) is 4.58. The molecule has 0 saturated carbocycles. The van der Waals surface area contributed by atoms with Crippen LogP contribution in [0, 0.1) is 6.92 Å². The quantitative estimate of drug-likeness (QED) is 0.251. The molecule has 0 N–H and O–H groups in total. The van der Waals surface area contributed by atoms with E-state index in [-0.39, 0.29) is 0 Å². The van der Waals surface area contributed by atoms with Crippen LogP contribution in [0.3, 0.4) is 0 Å². The van der Waals surface area contributed by atoms with Gasteiger partial charge in [-0.1, -0.05) is 70.4 Å². The summed E-state index contributed by atoms with van der Waals surface area (Å²) in [6.07, 6.45) is 15.9. The molecule has 3 heteroatoms. The summed E-state index contributed by atoms with van der Waals surface area (Å²) in [5.41, 5.74) is 5.23. The van der Waals surface area contributed by atoms with Gasteiger partial charge < -0.3 is 0 Å². The van der Waals surface area contributed by atoms with Crippen molar-refractivity contribution in [2.75, 3.05) is 0 Å². The molecule has 3 aromatic rings. The van der Waals surface area contributed by atoms with Crippen LogP contribution in [0.5, 0.6) is 0 Å². The highest BCUT2D eigenvalue weighted by atomic mass is 15.2. The predicted octanol–water partition coefficient (Wildman–Crippen LogP) is 6.19. The van der Waals surface area contributed by atoms with E-state index < -0.39 is 0 Å². The number of aryl methyl sites for hydroxylation is 4. The third kappa shape index (κ3) is 5.50. The first-order valence-corrected chi connectivity index (χ1v) is 12.1. The summed E-state index contributed by atoms with van der Waals surface area (Å²) in [5, 5.41) is 0. The molecule has 30 heavy (non-hydrogen) atoms. The lowest BCUT2D eigenvalue weighted by atomic mass is 10.1. The van der Waals surface area contributed by atoms with Crippen LogP contribution in [-0.4, -0.2) is 4.57 Å². The summed E-state index contributed by atoms with van der Waals surface area (Å²) >= 11 is 0. The molecule has 0 bridgehead atoms. The van der Waals surface area contributed by atoms with Gasteiger partial charge in [0, 0.05) is 12.1 Å². The lowest BCUT2D eigenvalue weighted by Crippen LogP contribution is -2.38. The van der Waals surface area contributed by atoms with E-state index in [1.54, 1.807) is 0 Å². The van der Waals surface area contributed by atoms with Crippen molar-refractivity contribution in [3.05, 3.63) is 48.2 Å². The molecular weight excluding hydrogens is 366 g/mol. The highest BCUT2D eigenvalue weighted by molar-refractivity contribution is 5.75. The summed E-state index contributed by atoms with van der Waals surface area (Å²) < 4.78 is 7.14. The zero-order valence-electron chi connectivity index (χ0n) is 19.7. The zero-order chi connectivity index (χ0) is 21.3. The number of imidazole rings is 1. The zero-order valence-corrected chi connectivity index (χ0v) is 19.7. The number of para-hydroxylation sites is 2. The summed E-state index contributed by atoms with van der Waals surface area (Å²) in [7, 11) is 4.35. The second-order valence-corrected chi connectivity index (χ2v) is 8.91. The van der Waals surface area contributed by atoms with Crippen LogP contribution in [0.25, 0.3) is 22.6 Å². The minimum absolute atomic E-state index is 1.08. The number of hydrogen-bond acceptors (Lipinski definition) is 0. The summed E-state index contributed by atoms with van der Waals surface area (Å²) in [4.78, 5) is 0. The first kappa shape index (κ1) is 22.5. The highest BCUT2D eigenvalue weighted by Gasteiger charge is 2.29. The Labute approximate surface area is 183 Å². The Bertz CT molecular complexity index is 939. The molecule has 0 aliphatic carbocycles. The van der Waals surface area contributed by atoms with Crippen LogP contribution in [0.4, 0.5) is 0 Å². The van der Waals surface area contributed by atoms with E-state index in [1.165, 1.54) is 92.3 Å². The largest absolute Gasteiger partial charge is 0.355 e. The number of aromatic nitrogens is 3. The maximum Gasteiger partial charge on any atom is 0.355 e. The maximum atomic E-state index is 2.54. The van der Waals surface area contributed by atoms with Crippen molar-refractivity contribution in [2.24, 2.45) is 14.1 Å². The van der Waals surface area contributed by atoms with Gasteiger partial charge in [0.2, 0.25) is 0 Å². The number of unbranched alkanes of at least 4 members (excludes halogenated alkanes) is 9. The molecule has 0 spiro atoms. The average molecular weight is 408 g/mol. The van der Waals surface area contributed by atoms with Gasteiger partial charge in [0.05, 0.1) is 13.6 Å². The molecule has 2 aromatic heterocycles. The molecule has 3 rings (SSSR count). The van der Waals surface area contributed by atoms with Gasteiger partial charge in [-0.05, 0) is 37.5 Å². The smallest absolute Gasteiger partial charge is 0.220 e. The van der Waals surface area contributed by atoms with E-state index in [9.17, 15) is 0 Å². The monoisotopic (exact) mass is 407 g/mol. The molecule has 0 atom stereocenters. The second kappa shape index (κ2) is 11.3. The van der Waals surface area contributed by atoms with Gasteiger partial charge in [-0.25, -0.2) is 9.13 Å². The van der Waals surface area contributed by atoms with Gasteiger partial charge in [-0.15, -0.1) is 0 Å². The molecule has 0 fully saturated rings. The van der Waals surface area contributed by atoms with Gasteiger partial charge in [0.15, 0.2) is 17.2 Å². The third-order valence-electron chi connectivity index (χ3n) is 6.38. The third-order valence-corrected chi connectivity index (χ3v) is 6.38. The van der Waals surface area contributed by atoms with Crippen molar-refractivity contribution in [3.63, 3.8) is 0 Å². The van der Waals surface area contributed by atoms with Crippen molar-refractivity contribution in [1.29, 1.82) is 0 Å². The molecule has 0 unspecified atom stereocenters. The molecule has 2 heterocycles. The minimum atomic E-state index is 1.08. The number of nitrogens with zero attached hydrogens (tertiary/aromatic N) is 3. The Morgan fingerprint density at radius 3 is 2.13 bits per heavy atom.